The smallest absolute Gasteiger partial charge is 0.179 e. The number of aromatic nitrogens is 1. The zero-order valence-corrected chi connectivity index (χ0v) is 34.7. The largest absolute Gasteiger partial charge is 0.452 e. The molecular formula is C60H38N2O2. The highest BCUT2D eigenvalue weighted by molar-refractivity contribution is 6.24. The molecule has 0 unspecified atom stereocenters. The van der Waals surface area contributed by atoms with Crippen molar-refractivity contribution in [3.05, 3.63) is 231 Å². The van der Waals surface area contributed by atoms with Crippen LogP contribution in [0.25, 0.3) is 105 Å². The molecule has 0 amide bonds. The number of hydrogen-bond donors (Lipinski definition) is 0. The van der Waals surface area contributed by atoms with Crippen molar-refractivity contribution in [3.63, 3.8) is 0 Å². The van der Waals surface area contributed by atoms with Crippen LogP contribution in [0.2, 0.25) is 0 Å². The first-order valence-electron chi connectivity index (χ1n) is 21.7. The number of rotatable bonds is 7. The molecule has 0 saturated carbocycles. The summed E-state index contributed by atoms with van der Waals surface area (Å²) in [5, 5.41) is 6.60. The van der Waals surface area contributed by atoms with E-state index >= 15 is 0 Å². The number of para-hydroxylation sites is 4. The van der Waals surface area contributed by atoms with E-state index < -0.39 is 0 Å². The number of anilines is 3. The predicted molar refractivity (Wildman–Crippen MR) is 266 cm³/mol. The van der Waals surface area contributed by atoms with Crippen LogP contribution in [-0.2, 0) is 0 Å². The third-order valence-electron chi connectivity index (χ3n) is 12.8. The average Bonchev–Trinajstić information content (AvgIpc) is 4.05. The van der Waals surface area contributed by atoms with Gasteiger partial charge >= 0.3 is 0 Å². The van der Waals surface area contributed by atoms with Gasteiger partial charge in [-0.2, -0.15) is 0 Å². The van der Waals surface area contributed by atoms with Crippen molar-refractivity contribution in [1.82, 2.24) is 4.57 Å². The monoisotopic (exact) mass is 818 g/mol. The summed E-state index contributed by atoms with van der Waals surface area (Å²) < 4.78 is 15.6. The third-order valence-corrected chi connectivity index (χ3v) is 12.8. The Hall–Kier alpha value is -8.60. The molecule has 0 fully saturated rings. The van der Waals surface area contributed by atoms with Crippen LogP contribution in [0.5, 0.6) is 0 Å². The van der Waals surface area contributed by atoms with E-state index in [0.717, 1.165) is 88.8 Å². The van der Waals surface area contributed by atoms with Crippen molar-refractivity contribution >= 4 is 82.7 Å². The normalized spacial score (nSPS) is 11.8. The summed E-state index contributed by atoms with van der Waals surface area (Å²) in [5.41, 5.74) is 16.8. The molecule has 300 valence electrons. The molecule has 64 heavy (non-hydrogen) atoms. The number of hydrogen-bond acceptors (Lipinski definition) is 3. The number of benzene rings is 10. The Morgan fingerprint density at radius 2 is 0.875 bits per heavy atom. The quantitative estimate of drug-likeness (QED) is 0.161. The molecule has 0 aliphatic carbocycles. The van der Waals surface area contributed by atoms with Crippen LogP contribution in [-0.4, -0.2) is 4.57 Å². The van der Waals surface area contributed by atoms with Crippen molar-refractivity contribution in [3.8, 4) is 39.1 Å². The molecule has 0 bridgehead atoms. The van der Waals surface area contributed by atoms with E-state index in [1.807, 2.05) is 24.3 Å². The molecule has 0 aliphatic heterocycles. The van der Waals surface area contributed by atoms with Crippen LogP contribution < -0.4 is 4.90 Å². The minimum absolute atomic E-state index is 0.763. The fourth-order valence-electron chi connectivity index (χ4n) is 9.82. The first-order chi connectivity index (χ1) is 31.7. The third kappa shape index (κ3) is 5.77. The lowest BCUT2D eigenvalue weighted by Gasteiger charge is -2.26. The Morgan fingerprint density at radius 3 is 1.67 bits per heavy atom. The SMILES string of the molecule is c1ccc(-c2cccc(-c3ccc(N(c4cccc(-c5cc6c7ccccc7oc6c6oc7ccccc7c56)c4)c4ccc5c(c4)c4ccccc4n5-c4ccccc4)cc3)c2)cc1. The second-order valence-corrected chi connectivity index (χ2v) is 16.5. The summed E-state index contributed by atoms with van der Waals surface area (Å²) in [5.74, 6) is 0. The Morgan fingerprint density at radius 1 is 0.312 bits per heavy atom. The Bertz CT molecular complexity index is 3890. The Balaban J connectivity index is 1.01. The molecule has 0 aliphatic rings. The van der Waals surface area contributed by atoms with E-state index in [2.05, 4.69) is 216 Å². The van der Waals surface area contributed by atoms with Gasteiger partial charge in [0, 0.05) is 55.1 Å². The van der Waals surface area contributed by atoms with Crippen LogP contribution >= 0.6 is 0 Å². The topological polar surface area (TPSA) is 34.5 Å². The van der Waals surface area contributed by atoms with Gasteiger partial charge in [-0.25, -0.2) is 0 Å². The maximum Gasteiger partial charge on any atom is 0.179 e. The molecule has 4 nitrogen and oxygen atoms in total. The molecule has 0 N–H and O–H groups in total. The molecule has 0 spiro atoms. The number of furan rings is 2. The van der Waals surface area contributed by atoms with Gasteiger partial charge in [0.1, 0.15) is 11.2 Å². The van der Waals surface area contributed by atoms with Crippen molar-refractivity contribution in [2.45, 2.75) is 0 Å². The van der Waals surface area contributed by atoms with E-state index in [4.69, 9.17) is 8.83 Å². The van der Waals surface area contributed by atoms with Crippen LogP contribution in [0.4, 0.5) is 17.1 Å². The lowest BCUT2D eigenvalue weighted by atomic mass is 9.96. The Kier molecular flexibility index (Phi) is 8.18. The van der Waals surface area contributed by atoms with Crippen molar-refractivity contribution in [2.24, 2.45) is 0 Å². The molecule has 13 rings (SSSR count). The van der Waals surface area contributed by atoms with E-state index in [9.17, 15) is 0 Å². The minimum Gasteiger partial charge on any atom is -0.452 e. The van der Waals surface area contributed by atoms with Gasteiger partial charge in [0.25, 0.3) is 0 Å². The second kappa shape index (κ2) is 14.5. The predicted octanol–water partition coefficient (Wildman–Crippen LogP) is 17.1. The molecule has 13 aromatic rings. The van der Waals surface area contributed by atoms with Crippen molar-refractivity contribution in [2.75, 3.05) is 4.90 Å². The summed E-state index contributed by atoms with van der Waals surface area (Å²) in [6.45, 7) is 0. The van der Waals surface area contributed by atoms with E-state index in [1.165, 1.54) is 33.0 Å². The molecule has 0 radical (unpaired) electrons. The number of fused-ring (bicyclic) bond motifs is 10. The van der Waals surface area contributed by atoms with Gasteiger partial charge in [-0.3, -0.25) is 0 Å². The van der Waals surface area contributed by atoms with E-state index in [-0.39, 0.29) is 0 Å². The fourth-order valence-corrected chi connectivity index (χ4v) is 9.82. The van der Waals surface area contributed by atoms with Gasteiger partial charge in [0.15, 0.2) is 11.2 Å². The summed E-state index contributed by atoms with van der Waals surface area (Å²) in [6, 6.07) is 82.4. The molecule has 10 aromatic carbocycles. The van der Waals surface area contributed by atoms with Gasteiger partial charge in [0.05, 0.1) is 11.0 Å². The van der Waals surface area contributed by atoms with Crippen molar-refractivity contribution in [1.29, 1.82) is 0 Å². The molecule has 0 atom stereocenters. The van der Waals surface area contributed by atoms with Crippen LogP contribution in [0.15, 0.2) is 239 Å². The van der Waals surface area contributed by atoms with Gasteiger partial charge < -0.3 is 18.3 Å². The lowest BCUT2D eigenvalue weighted by molar-refractivity contribution is 0.633. The summed E-state index contributed by atoms with van der Waals surface area (Å²) in [6.07, 6.45) is 0. The van der Waals surface area contributed by atoms with E-state index in [0.29, 0.717) is 0 Å². The maximum absolute atomic E-state index is 6.66. The number of nitrogens with zero attached hydrogens (tertiary/aromatic N) is 2. The molecule has 0 saturated heterocycles. The van der Waals surface area contributed by atoms with Gasteiger partial charge in [-0.1, -0.05) is 146 Å². The van der Waals surface area contributed by atoms with Crippen LogP contribution in [0.1, 0.15) is 0 Å². The highest BCUT2D eigenvalue weighted by atomic mass is 16.4. The highest BCUT2D eigenvalue weighted by Gasteiger charge is 2.23. The van der Waals surface area contributed by atoms with Gasteiger partial charge in [-0.15, -0.1) is 0 Å². The second-order valence-electron chi connectivity index (χ2n) is 16.5. The van der Waals surface area contributed by atoms with E-state index in [1.54, 1.807) is 0 Å². The molecule has 3 heterocycles. The maximum atomic E-state index is 6.66. The summed E-state index contributed by atoms with van der Waals surface area (Å²) in [7, 11) is 0. The fraction of sp³-hybridized carbons (Fsp3) is 0. The Labute approximate surface area is 369 Å². The average molecular weight is 819 g/mol. The lowest BCUT2D eigenvalue weighted by Crippen LogP contribution is -2.10. The summed E-state index contributed by atoms with van der Waals surface area (Å²) >= 11 is 0. The van der Waals surface area contributed by atoms with Crippen LogP contribution in [0, 0.1) is 0 Å². The van der Waals surface area contributed by atoms with Crippen molar-refractivity contribution < 1.29 is 8.83 Å². The standard InChI is InChI=1S/C60H38N2O2/c1-3-15-39(16-4-1)41-17-13-18-42(35-41)40-29-31-45(32-30-40)61(47-33-34-55-52(37-47)48-23-7-10-26-54(48)62(55)44-20-5-2-6-21-44)46-22-14-19-43(36-46)51-38-53-49-24-8-11-27-56(49)63-59(53)60-58(51)50-25-9-12-28-57(50)64-60/h1-38H. The minimum atomic E-state index is 0.763. The highest BCUT2D eigenvalue weighted by Crippen LogP contribution is 2.46. The molecular weight excluding hydrogens is 781 g/mol. The first kappa shape index (κ1) is 36.1. The summed E-state index contributed by atoms with van der Waals surface area (Å²) in [4.78, 5) is 2.39. The molecule has 3 aromatic heterocycles. The van der Waals surface area contributed by atoms with Crippen LogP contribution in [0.3, 0.4) is 0 Å². The molecule has 4 heteroatoms. The van der Waals surface area contributed by atoms with Gasteiger partial charge in [0.2, 0.25) is 0 Å². The first-order valence-corrected chi connectivity index (χ1v) is 21.7. The zero-order valence-electron chi connectivity index (χ0n) is 34.7. The zero-order chi connectivity index (χ0) is 42.1. The van der Waals surface area contributed by atoms with Gasteiger partial charge in [-0.05, 0) is 118 Å².